The molecule has 0 aliphatic heterocycles. The summed E-state index contributed by atoms with van der Waals surface area (Å²) >= 11 is 4.89. The SMILES string of the molecule is CC(C)CCOCc1ccc(C(N)=S)cc1. The predicted octanol–water partition coefficient (Wildman–Crippen LogP) is 2.88. The fourth-order valence-electron chi connectivity index (χ4n) is 1.27. The second-order valence-electron chi connectivity index (χ2n) is 4.30. The van der Waals surface area contributed by atoms with Crippen LogP contribution in [-0.2, 0) is 11.3 Å². The summed E-state index contributed by atoms with van der Waals surface area (Å²) in [6, 6.07) is 7.88. The number of hydrogen-bond donors (Lipinski definition) is 1. The molecule has 16 heavy (non-hydrogen) atoms. The molecule has 2 N–H and O–H groups in total. The van der Waals surface area contributed by atoms with Gasteiger partial charge < -0.3 is 10.5 Å². The zero-order chi connectivity index (χ0) is 12.0. The number of ether oxygens (including phenoxy) is 1. The molecule has 0 fully saturated rings. The van der Waals surface area contributed by atoms with Crippen LogP contribution < -0.4 is 5.73 Å². The lowest BCUT2D eigenvalue weighted by atomic mass is 10.1. The summed E-state index contributed by atoms with van der Waals surface area (Å²) in [6.07, 6.45) is 1.10. The van der Waals surface area contributed by atoms with Crippen LogP contribution in [0.3, 0.4) is 0 Å². The van der Waals surface area contributed by atoms with E-state index in [9.17, 15) is 0 Å². The minimum atomic E-state index is 0.437. The number of thiocarbonyl (C=S) groups is 1. The van der Waals surface area contributed by atoms with Crippen LogP contribution in [0.2, 0.25) is 0 Å². The number of nitrogens with two attached hydrogens (primary N) is 1. The summed E-state index contributed by atoms with van der Waals surface area (Å²) < 4.78 is 5.57. The first-order valence-electron chi connectivity index (χ1n) is 5.56. The van der Waals surface area contributed by atoms with E-state index in [2.05, 4.69) is 13.8 Å². The average Bonchev–Trinajstić information content (AvgIpc) is 2.25. The molecule has 3 heteroatoms. The smallest absolute Gasteiger partial charge is 0.103 e. The maximum atomic E-state index is 5.57. The van der Waals surface area contributed by atoms with Gasteiger partial charge in [-0.05, 0) is 17.9 Å². The molecule has 88 valence electrons. The Morgan fingerprint density at radius 2 is 1.94 bits per heavy atom. The van der Waals surface area contributed by atoms with E-state index in [1.807, 2.05) is 24.3 Å². The lowest BCUT2D eigenvalue weighted by Gasteiger charge is -2.07. The molecule has 0 spiro atoms. The Labute approximate surface area is 103 Å². The minimum Gasteiger partial charge on any atom is -0.389 e. The Hall–Kier alpha value is -0.930. The van der Waals surface area contributed by atoms with Crippen molar-refractivity contribution in [2.24, 2.45) is 11.7 Å². The Kier molecular flexibility index (Phi) is 5.43. The van der Waals surface area contributed by atoms with Crippen molar-refractivity contribution in [3.05, 3.63) is 35.4 Å². The van der Waals surface area contributed by atoms with Crippen LogP contribution >= 0.6 is 12.2 Å². The van der Waals surface area contributed by atoms with Crippen LogP contribution in [0.25, 0.3) is 0 Å². The van der Waals surface area contributed by atoms with Crippen molar-refractivity contribution in [2.75, 3.05) is 6.61 Å². The van der Waals surface area contributed by atoms with Crippen LogP contribution in [0.15, 0.2) is 24.3 Å². The van der Waals surface area contributed by atoms with E-state index in [1.165, 1.54) is 0 Å². The highest BCUT2D eigenvalue weighted by Crippen LogP contribution is 2.07. The molecule has 0 aromatic heterocycles. The minimum absolute atomic E-state index is 0.437. The number of rotatable bonds is 6. The van der Waals surface area contributed by atoms with Crippen LogP contribution in [0.4, 0.5) is 0 Å². The van der Waals surface area contributed by atoms with Crippen molar-refractivity contribution in [3.8, 4) is 0 Å². The molecule has 0 amide bonds. The van der Waals surface area contributed by atoms with Gasteiger partial charge in [-0.3, -0.25) is 0 Å². The molecule has 0 saturated carbocycles. The van der Waals surface area contributed by atoms with Crippen molar-refractivity contribution in [2.45, 2.75) is 26.9 Å². The topological polar surface area (TPSA) is 35.2 Å². The molecule has 0 radical (unpaired) electrons. The molecule has 1 aromatic rings. The maximum Gasteiger partial charge on any atom is 0.103 e. The van der Waals surface area contributed by atoms with E-state index < -0.39 is 0 Å². The third-order valence-electron chi connectivity index (χ3n) is 2.35. The summed E-state index contributed by atoms with van der Waals surface area (Å²) in [5, 5.41) is 0. The Balaban J connectivity index is 2.35. The third kappa shape index (κ3) is 4.73. The van der Waals surface area contributed by atoms with Gasteiger partial charge in [-0.1, -0.05) is 50.3 Å². The molecule has 0 heterocycles. The van der Waals surface area contributed by atoms with Crippen LogP contribution in [-0.4, -0.2) is 11.6 Å². The zero-order valence-corrected chi connectivity index (χ0v) is 10.7. The standard InChI is InChI=1S/C13H19NOS/c1-10(2)7-8-15-9-11-3-5-12(6-4-11)13(14)16/h3-6,10H,7-9H2,1-2H3,(H2,14,16). The zero-order valence-electron chi connectivity index (χ0n) is 9.90. The monoisotopic (exact) mass is 237 g/mol. The van der Waals surface area contributed by atoms with Crippen LogP contribution in [0.1, 0.15) is 31.4 Å². The second kappa shape index (κ2) is 6.61. The van der Waals surface area contributed by atoms with E-state index in [0.29, 0.717) is 17.5 Å². The van der Waals surface area contributed by atoms with Crippen molar-refractivity contribution in [1.82, 2.24) is 0 Å². The van der Waals surface area contributed by atoms with Crippen molar-refractivity contribution < 1.29 is 4.74 Å². The lowest BCUT2D eigenvalue weighted by molar-refractivity contribution is 0.110. The van der Waals surface area contributed by atoms with Gasteiger partial charge in [0.25, 0.3) is 0 Å². The predicted molar refractivity (Wildman–Crippen MR) is 71.4 cm³/mol. The normalized spacial score (nSPS) is 10.7. The summed E-state index contributed by atoms with van der Waals surface area (Å²) in [5.74, 6) is 0.692. The Morgan fingerprint density at radius 1 is 1.31 bits per heavy atom. The molecule has 0 unspecified atom stereocenters. The van der Waals surface area contributed by atoms with E-state index in [4.69, 9.17) is 22.7 Å². The van der Waals surface area contributed by atoms with Crippen molar-refractivity contribution in [1.29, 1.82) is 0 Å². The van der Waals surface area contributed by atoms with Crippen molar-refractivity contribution >= 4 is 17.2 Å². The molecule has 0 saturated heterocycles. The molecule has 0 aliphatic rings. The van der Waals surface area contributed by atoms with Gasteiger partial charge in [-0.15, -0.1) is 0 Å². The largest absolute Gasteiger partial charge is 0.389 e. The van der Waals surface area contributed by atoms with Gasteiger partial charge in [-0.2, -0.15) is 0 Å². The first-order chi connectivity index (χ1) is 7.59. The summed E-state index contributed by atoms with van der Waals surface area (Å²) in [5.41, 5.74) is 7.58. The second-order valence-corrected chi connectivity index (χ2v) is 4.74. The molecule has 1 rings (SSSR count). The first kappa shape index (κ1) is 13.1. The van der Waals surface area contributed by atoms with Gasteiger partial charge in [0.15, 0.2) is 0 Å². The average molecular weight is 237 g/mol. The molecule has 0 atom stereocenters. The summed E-state index contributed by atoms with van der Waals surface area (Å²) in [6.45, 7) is 5.86. The van der Waals surface area contributed by atoms with E-state index in [-0.39, 0.29) is 0 Å². The van der Waals surface area contributed by atoms with Crippen LogP contribution in [0.5, 0.6) is 0 Å². The molecule has 0 bridgehead atoms. The molecule has 1 aromatic carbocycles. The lowest BCUT2D eigenvalue weighted by Crippen LogP contribution is -2.09. The maximum absolute atomic E-state index is 5.57. The first-order valence-corrected chi connectivity index (χ1v) is 5.97. The number of benzene rings is 1. The Morgan fingerprint density at radius 3 is 2.44 bits per heavy atom. The van der Waals surface area contributed by atoms with E-state index in [0.717, 1.165) is 24.2 Å². The Bertz CT molecular complexity index is 332. The van der Waals surface area contributed by atoms with Crippen LogP contribution in [0, 0.1) is 5.92 Å². The third-order valence-corrected chi connectivity index (χ3v) is 2.58. The quantitative estimate of drug-likeness (QED) is 0.610. The molecular formula is C13H19NOS. The van der Waals surface area contributed by atoms with E-state index in [1.54, 1.807) is 0 Å². The van der Waals surface area contributed by atoms with Gasteiger partial charge in [0.1, 0.15) is 4.99 Å². The fourth-order valence-corrected chi connectivity index (χ4v) is 1.41. The van der Waals surface area contributed by atoms with Gasteiger partial charge in [0.2, 0.25) is 0 Å². The highest BCUT2D eigenvalue weighted by molar-refractivity contribution is 7.80. The van der Waals surface area contributed by atoms with Crippen molar-refractivity contribution in [3.63, 3.8) is 0 Å². The number of hydrogen-bond acceptors (Lipinski definition) is 2. The summed E-state index contributed by atoms with van der Waals surface area (Å²) in [7, 11) is 0. The molecule has 0 aliphatic carbocycles. The van der Waals surface area contributed by atoms with Gasteiger partial charge >= 0.3 is 0 Å². The van der Waals surface area contributed by atoms with Gasteiger partial charge in [0.05, 0.1) is 6.61 Å². The molecule has 2 nitrogen and oxygen atoms in total. The fraction of sp³-hybridized carbons (Fsp3) is 0.462. The highest BCUT2D eigenvalue weighted by Gasteiger charge is 1.98. The van der Waals surface area contributed by atoms with Gasteiger partial charge in [0, 0.05) is 12.2 Å². The van der Waals surface area contributed by atoms with E-state index >= 15 is 0 Å². The highest BCUT2D eigenvalue weighted by atomic mass is 32.1. The van der Waals surface area contributed by atoms with Gasteiger partial charge in [-0.25, -0.2) is 0 Å². The molecular weight excluding hydrogens is 218 g/mol. The summed E-state index contributed by atoms with van der Waals surface area (Å²) in [4.78, 5) is 0.437.